The van der Waals surface area contributed by atoms with Crippen molar-refractivity contribution in [2.75, 3.05) is 23.4 Å². The van der Waals surface area contributed by atoms with Crippen LogP contribution in [0.3, 0.4) is 0 Å². The van der Waals surface area contributed by atoms with Crippen LogP contribution in [0.25, 0.3) is 0 Å². The van der Waals surface area contributed by atoms with Gasteiger partial charge in [0, 0.05) is 29.3 Å². The van der Waals surface area contributed by atoms with Crippen molar-refractivity contribution in [3.8, 4) is 0 Å². The zero-order chi connectivity index (χ0) is 11.8. The third-order valence-electron chi connectivity index (χ3n) is 2.10. The first kappa shape index (κ1) is 12.8. The number of carbonyl (C=O) groups excluding carboxylic acids is 1. The van der Waals surface area contributed by atoms with Crippen LogP contribution in [-0.2, 0) is 0 Å². The molecule has 86 valence electrons. The molecule has 0 aliphatic rings. The molecular weight excluding hydrogens is 218 g/mol. The Kier molecular flexibility index (Phi) is 5.72. The Hall–Kier alpha value is -1.22. The molecule has 0 aliphatic heterocycles. The normalized spacial score (nSPS) is 9.81. The summed E-state index contributed by atoms with van der Waals surface area (Å²) in [7, 11) is 0. The van der Waals surface area contributed by atoms with E-state index in [1.54, 1.807) is 6.92 Å². The van der Waals surface area contributed by atoms with Crippen molar-refractivity contribution in [1.82, 2.24) is 0 Å². The Labute approximate surface area is 101 Å². The molecule has 0 aliphatic carbocycles. The fourth-order valence-corrected chi connectivity index (χ4v) is 1.84. The maximum absolute atomic E-state index is 11.1. The molecule has 1 aromatic carbocycles. The molecule has 0 heterocycles. The van der Waals surface area contributed by atoms with Gasteiger partial charge in [-0.05, 0) is 31.2 Å². The van der Waals surface area contributed by atoms with E-state index in [1.165, 1.54) is 0 Å². The van der Waals surface area contributed by atoms with Crippen molar-refractivity contribution >= 4 is 23.2 Å². The summed E-state index contributed by atoms with van der Waals surface area (Å²) in [5, 5.41) is 3.30. The van der Waals surface area contributed by atoms with Crippen LogP contribution >= 0.6 is 11.8 Å². The van der Waals surface area contributed by atoms with Crippen molar-refractivity contribution in [1.29, 1.82) is 0 Å². The van der Waals surface area contributed by atoms with Crippen LogP contribution < -0.4 is 5.32 Å². The molecule has 0 amide bonds. The van der Waals surface area contributed by atoms with E-state index in [-0.39, 0.29) is 5.78 Å². The Balaban J connectivity index is 2.32. The number of Topliss-reactive ketones (excluding diaryl/α,β-unsaturated/α-hetero) is 1. The minimum atomic E-state index is 0.105. The standard InChI is InChI=1S/C13H17NOS/c1-3-9-16-10-8-14-13-6-4-12(5-7-13)11(2)15/h3-7,14H,1,8-10H2,2H3. The molecule has 2 nitrogen and oxygen atoms in total. The van der Waals surface area contributed by atoms with Crippen LogP contribution in [0.4, 0.5) is 5.69 Å². The molecular formula is C13H17NOS. The fraction of sp³-hybridized carbons (Fsp3) is 0.308. The van der Waals surface area contributed by atoms with E-state index in [0.717, 1.165) is 29.3 Å². The molecule has 0 fully saturated rings. The van der Waals surface area contributed by atoms with Gasteiger partial charge in [-0.25, -0.2) is 0 Å². The summed E-state index contributed by atoms with van der Waals surface area (Å²) < 4.78 is 0. The topological polar surface area (TPSA) is 29.1 Å². The van der Waals surface area contributed by atoms with E-state index in [0.29, 0.717) is 0 Å². The van der Waals surface area contributed by atoms with Crippen molar-refractivity contribution in [3.05, 3.63) is 42.5 Å². The Morgan fingerprint density at radius 3 is 2.69 bits per heavy atom. The second-order valence-corrected chi connectivity index (χ2v) is 4.57. The average molecular weight is 235 g/mol. The minimum Gasteiger partial charge on any atom is -0.384 e. The van der Waals surface area contributed by atoms with Gasteiger partial charge in [-0.15, -0.1) is 6.58 Å². The monoisotopic (exact) mass is 235 g/mol. The van der Waals surface area contributed by atoms with Gasteiger partial charge in [0.25, 0.3) is 0 Å². The summed E-state index contributed by atoms with van der Waals surface area (Å²) in [5.74, 6) is 2.15. The average Bonchev–Trinajstić information content (AvgIpc) is 2.29. The van der Waals surface area contributed by atoms with Crippen LogP contribution in [0.15, 0.2) is 36.9 Å². The summed E-state index contributed by atoms with van der Waals surface area (Å²) in [5.41, 5.74) is 1.82. The number of thioether (sulfide) groups is 1. The number of carbonyl (C=O) groups is 1. The molecule has 0 saturated carbocycles. The van der Waals surface area contributed by atoms with E-state index in [1.807, 2.05) is 42.1 Å². The van der Waals surface area contributed by atoms with E-state index in [2.05, 4.69) is 11.9 Å². The Bertz CT molecular complexity index is 345. The fourth-order valence-electron chi connectivity index (χ4n) is 1.26. The van der Waals surface area contributed by atoms with Gasteiger partial charge in [0.1, 0.15) is 0 Å². The van der Waals surface area contributed by atoms with Gasteiger partial charge in [0.15, 0.2) is 5.78 Å². The Morgan fingerprint density at radius 2 is 2.12 bits per heavy atom. The van der Waals surface area contributed by atoms with Crippen molar-refractivity contribution < 1.29 is 4.79 Å². The number of ketones is 1. The number of nitrogens with one attached hydrogen (secondary N) is 1. The predicted molar refractivity (Wildman–Crippen MR) is 72.5 cm³/mol. The van der Waals surface area contributed by atoms with Gasteiger partial charge in [0.2, 0.25) is 0 Å². The van der Waals surface area contributed by atoms with Gasteiger partial charge >= 0.3 is 0 Å². The zero-order valence-electron chi connectivity index (χ0n) is 9.53. The van der Waals surface area contributed by atoms with Crippen LogP contribution in [0.5, 0.6) is 0 Å². The van der Waals surface area contributed by atoms with E-state index >= 15 is 0 Å². The van der Waals surface area contributed by atoms with Crippen LogP contribution in [-0.4, -0.2) is 23.8 Å². The maximum Gasteiger partial charge on any atom is 0.159 e. The lowest BCUT2D eigenvalue weighted by atomic mass is 10.1. The quantitative estimate of drug-likeness (QED) is 0.447. The van der Waals surface area contributed by atoms with Gasteiger partial charge < -0.3 is 5.32 Å². The molecule has 0 spiro atoms. The first-order valence-corrected chi connectivity index (χ1v) is 6.43. The number of anilines is 1. The molecule has 0 saturated heterocycles. The van der Waals surface area contributed by atoms with Gasteiger partial charge in [-0.3, -0.25) is 4.79 Å². The third-order valence-corrected chi connectivity index (χ3v) is 3.07. The summed E-state index contributed by atoms with van der Waals surface area (Å²) >= 11 is 1.85. The molecule has 0 aromatic heterocycles. The highest BCUT2D eigenvalue weighted by Gasteiger charge is 1.98. The van der Waals surface area contributed by atoms with Crippen molar-refractivity contribution in [3.63, 3.8) is 0 Å². The predicted octanol–water partition coefficient (Wildman–Crippen LogP) is 3.22. The van der Waals surface area contributed by atoms with Crippen molar-refractivity contribution in [2.24, 2.45) is 0 Å². The summed E-state index contributed by atoms with van der Waals surface area (Å²) in [6.45, 7) is 6.18. The maximum atomic E-state index is 11.1. The lowest BCUT2D eigenvalue weighted by Crippen LogP contribution is -2.04. The van der Waals surface area contributed by atoms with E-state index in [9.17, 15) is 4.79 Å². The molecule has 1 aromatic rings. The third kappa shape index (κ3) is 4.53. The molecule has 0 atom stereocenters. The van der Waals surface area contributed by atoms with E-state index in [4.69, 9.17) is 0 Å². The smallest absolute Gasteiger partial charge is 0.159 e. The summed E-state index contributed by atoms with van der Waals surface area (Å²) in [6.07, 6.45) is 1.91. The molecule has 0 bridgehead atoms. The van der Waals surface area contributed by atoms with Crippen LogP contribution in [0.1, 0.15) is 17.3 Å². The Morgan fingerprint density at radius 1 is 1.44 bits per heavy atom. The number of benzene rings is 1. The largest absolute Gasteiger partial charge is 0.384 e. The molecule has 16 heavy (non-hydrogen) atoms. The number of hydrogen-bond donors (Lipinski definition) is 1. The molecule has 0 unspecified atom stereocenters. The highest BCUT2D eigenvalue weighted by molar-refractivity contribution is 7.99. The molecule has 1 N–H and O–H groups in total. The zero-order valence-corrected chi connectivity index (χ0v) is 10.3. The number of rotatable bonds is 7. The number of hydrogen-bond acceptors (Lipinski definition) is 3. The first-order valence-electron chi connectivity index (χ1n) is 5.27. The van der Waals surface area contributed by atoms with Gasteiger partial charge in [-0.1, -0.05) is 6.08 Å². The molecule has 0 radical (unpaired) electrons. The van der Waals surface area contributed by atoms with Crippen LogP contribution in [0, 0.1) is 0 Å². The summed E-state index contributed by atoms with van der Waals surface area (Å²) in [6, 6.07) is 7.58. The summed E-state index contributed by atoms with van der Waals surface area (Å²) in [4.78, 5) is 11.1. The lowest BCUT2D eigenvalue weighted by Gasteiger charge is -2.05. The SMILES string of the molecule is C=CCSCCNc1ccc(C(C)=O)cc1. The molecule has 3 heteroatoms. The van der Waals surface area contributed by atoms with E-state index < -0.39 is 0 Å². The first-order chi connectivity index (χ1) is 7.74. The van der Waals surface area contributed by atoms with Gasteiger partial charge in [0.05, 0.1) is 0 Å². The second kappa shape index (κ2) is 7.12. The van der Waals surface area contributed by atoms with Gasteiger partial charge in [-0.2, -0.15) is 11.8 Å². The highest BCUT2D eigenvalue weighted by Crippen LogP contribution is 2.10. The lowest BCUT2D eigenvalue weighted by molar-refractivity contribution is 0.101. The van der Waals surface area contributed by atoms with Crippen LogP contribution in [0.2, 0.25) is 0 Å². The molecule has 1 rings (SSSR count). The highest BCUT2D eigenvalue weighted by atomic mass is 32.2. The second-order valence-electron chi connectivity index (χ2n) is 3.42. The van der Waals surface area contributed by atoms with Crippen molar-refractivity contribution in [2.45, 2.75) is 6.92 Å². The minimum absolute atomic E-state index is 0.105.